The highest BCUT2D eigenvalue weighted by atomic mass is 32.2. The number of hydrogen-bond acceptors (Lipinski definition) is 3. The molecular formula is C14H15FN2O2S. The molecule has 2 amide bonds. The van der Waals surface area contributed by atoms with Gasteiger partial charge in [-0.3, -0.25) is 9.59 Å². The van der Waals surface area contributed by atoms with Crippen molar-refractivity contribution in [3.05, 3.63) is 29.6 Å². The summed E-state index contributed by atoms with van der Waals surface area (Å²) in [7, 11) is 0. The normalized spacial score (nSPS) is 22.1. The van der Waals surface area contributed by atoms with Crippen LogP contribution in [0.5, 0.6) is 0 Å². The standard InChI is InChI=1S/C14H15FN2O2S/c15-9-1-2-10-11(8-13(18)16-12(10)7-9)14(19)17-3-5-20-6-4-17/h1-2,7,11H,3-6,8H2,(H,16,18)/t11-/m0/s1. The number of rotatable bonds is 1. The molecular weight excluding hydrogens is 279 g/mol. The van der Waals surface area contributed by atoms with Gasteiger partial charge >= 0.3 is 0 Å². The molecule has 4 nitrogen and oxygen atoms in total. The Labute approximate surface area is 120 Å². The van der Waals surface area contributed by atoms with Gasteiger partial charge in [0.15, 0.2) is 0 Å². The van der Waals surface area contributed by atoms with Crippen LogP contribution in [0.15, 0.2) is 18.2 Å². The molecule has 1 aromatic carbocycles. The summed E-state index contributed by atoms with van der Waals surface area (Å²) >= 11 is 1.83. The third-order valence-electron chi connectivity index (χ3n) is 3.68. The second kappa shape index (κ2) is 5.44. The highest BCUT2D eigenvalue weighted by Gasteiger charge is 2.34. The topological polar surface area (TPSA) is 49.4 Å². The lowest BCUT2D eigenvalue weighted by Crippen LogP contribution is -2.42. The molecule has 2 aliphatic rings. The number of anilines is 1. The molecule has 106 valence electrons. The van der Waals surface area contributed by atoms with Crippen LogP contribution in [0, 0.1) is 5.82 Å². The van der Waals surface area contributed by atoms with Crippen molar-refractivity contribution >= 4 is 29.3 Å². The Morgan fingerprint density at radius 1 is 1.35 bits per heavy atom. The minimum atomic E-state index is -0.484. The van der Waals surface area contributed by atoms with Crippen LogP contribution in [0.25, 0.3) is 0 Å². The third kappa shape index (κ3) is 2.52. The van der Waals surface area contributed by atoms with Crippen LogP contribution in [0.3, 0.4) is 0 Å². The van der Waals surface area contributed by atoms with Gasteiger partial charge in [0.05, 0.1) is 5.92 Å². The number of thioether (sulfide) groups is 1. The maximum atomic E-state index is 13.3. The fraction of sp³-hybridized carbons (Fsp3) is 0.429. The van der Waals surface area contributed by atoms with Gasteiger partial charge < -0.3 is 10.2 Å². The Bertz CT molecular complexity index is 558. The molecule has 0 bridgehead atoms. The number of carbonyl (C=O) groups is 2. The molecule has 0 aromatic heterocycles. The molecule has 2 aliphatic heterocycles. The monoisotopic (exact) mass is 294 g/mol. The highest BCUT2D eigenvalue weighted by molar-refractivity contribution is 7.99. The van der Waals surface area contributed by atoms with Crippen LogP contribution in [-0.4, -0.2) is 41.3 Å². The van der Waals surface area contributed by atoms with E-state index in [0.29, 0.717) is 11.3 Å². The quantitative estimate of drug-likeness (QED) is 0.859. The van der Waals surface area contributed by atoms with E-state index in [1.807, 2.05) is 16.7 Å². The fourth-order valence-electron chi connectivity index (χ4n) is 2.66. The van der Waals surface area contributed by atoms with Gasteiger partial charge in [-0.1, -0.05) is 6.07 Å². The van der Waals surface area contributed by atoms with E-state index in [4.69, 9.17) is 0 Å². The van der Waals surface area contributed by atoms with E-state index in [9.17, 15) is 14.0 Å². The van der Waals surface area contributed by atoms with Gasteiger partial charge in [0, 0.05) is 36.7 Å². The van der Waals surface area contributed by atoms with Crippen LogP contribution in [0.4, 0.5) is 10.1 Å². The lowest BCUT2D eigenvalue weighted by atomic mass is 9.89. The van der Waals surface area contributed by atoms with E-state index >= 15 is 0 Å². The number of fused-ring (bicyclic) bond motifs is 1. The second-order valence-corrected chi connectivity index (χ2v) is 6.20. The first-order valence-corrected chi connectivity index (χ1v) is 7.76. The lowest BCUT2D eigenvalue weighted by molar-refractivity contribution is -0.134. The zero-order valence-electron chi connectivity index (χ0n) is 10.9. The largest absolute Gasteiger partial charge is 0.341 e. The third-order valence-corrected chi connectivity index (χ3v) is 4.62. The van der Waals surface area contributed by atoms with Crippen LogP contribution < -0.4 is 5.32 Å². The molecule has 3 rings (SSSR count). The molecule has 1 atom stereocenters. The Hall–Kier alpha value is -1.56. The average molecular weight is 294 g/mol. The Kier molecular flexibility index (Phi) is 3.65. The number of amides is 2. The van der Waals surface area contributed by atoms with E-state index in [1.165, 1.54) is 12.1 Å². The van der Waals surface area contributed by atoms with Crippen LogP contribution in [0.2, 0.25) is 0 Å². The molecule has 1 aromatic rings. The Balaban J connectivity index is 1.90. The molecule has 1 saturated heterocycles. The summed E-state index contributed by atoms with van der Waals surface area (Å²) in [5.41, 5.74) is 1.14. The van der Waals surface area contributed by atoms with Gasteiger partial charge in [0.2, 0.25) is 11.8 Å². The fourth-order valence-corrected chi connectivity index (χ4v) is 3.56. The lowest BCUT2D eigenvalue weighted by Gasteiger charge is -2.32. The van der Waals surface area contributed by atoms with Gasteiger partial charge in [-0.15, -0.1) is 0 Å². The second-order valence-electron chi connectivity index (χ2n) is 4.97. The molecule has 0 saturated carbocycles. The summed E-state index contributed by atoms with van der Waals surface area (Å²) < 4.78 is 13.3. The molecule has 0 spiro atoms. The highest BCUT2D eigenvalue weighted by Crippen LogP contribution is 2.34. The van der Waals surface area contributed by atoms with Crippen molar-refractivity contribution in [2.75, 3.05) is 29.9 Å². The smallest absolute Gasteiger partial charge is 0.230 e. The van der Waals surface area contributed by atoms with Crippen molar-refractivity contribution in [3.63, 3.8) is 0 Å². The van der Waals surface area contributed by atoms with E-state index in [1.54, 1.807) is 6.07 Å². The number of hydrogen-bond donors (Lipinski definition) is 1. The SMILES string of the molecule is O=C1C[C@H](C(=O)N2CCSCC2)c2ccc(F)cc2N1. The maximum Gasteiger partial charge on any atom is 0.230 e. The van der Waals surface area contributed by atoms with E-state index in [0.717, 1.165) is 24.6 Å². The van der Waals surface area contributed by atoms with E-state index in [-0.39, 0.29) is 18.2 Å². The summed E-state index contributed by atoms with van der Waals surface area (Å²) in [6, 6.07) is 4.22. The van der Waals surface area contributed by atoms with Gasteiger partial charge in [0.1, 0.15) is 5.82 Å². The van der Waals surface area contributed by atoms with Gasteiger partial charge in [-0.25, -0.2) is 4.39 Å². The molecule has 0 radical (unpaired) electrons. The van der Waals surface area contributed by atoms with Crippen molar-refractivity contribution in [1.82, 2.24) is 4.90 Å². The number of nitrogens with one attached hydrogen (secondary N) is 1. The zero-order valence-corrected chi connectivity index (χ0v) is 11.7. The van der Waals surface area contributed by atoms with Crippen molar-refractivity contribution in [2.24, 2.45) is 0 Å². The minimum Gasteiger partial charge on any atom is -0.341 e. The van der Waals surface area contributed by atoms with Gasteiger partial charge in [0.25, 0.3) is 0 Å². The van der Waals surface area contributed by atoms with Crippen molar-refractivity contribution in [2.45, 2.75) is 12.3 Å². The van der Waals surface area contributed by atoms with E-state index < -0.39 is 11.7 Å². The average Bonchev–Trinajstić information content (AvgIpc) is 2.46. The molecule has 1 fully saturated rings. The van der Waals surface area contributed by atoms with Crippen LogP contribution >= 0.6 is 11.8 Å². The molecule has 0 unspecified atom stereocenters. The number of carbonyl (C=O) groups excluding carboxylic acids is 2. The summed E-state index contributed by atoms with van der Waals surface area (Å²) in [5, 5.41) is 2.63. The first-order chi connectivity index (χ1) is 9.65. The van der Waals surface area contributed by atoms with Gasteiger partial charge in [-0.2, -0.15) is 11.8 Å². The minimum absolute atomic E-state index is 0.0204. The first kappa shape index (κ1) is 13.4. The van der Waals surface area contributed by atoms with Gasteiger partial charge in [-0.05, 0) is 17.7 Å². The summed E-state index contributed by atoms with van der Waals surface area (Å²) in [4.78, 5) is 26.1. The number of halogens is 1. The Morgan fingerprint density at radius 3 is 2.85 bits per heavy atom. The van der Waals surface area contributed by atoms with Crippen LogP contribution in [-0.2, 0) is 9.59 Å². The predicted molar refractivity (Wildman–Crippen MR) is 76.3 cm³/mol. The maximum absolute atomic E-state index is 13.3. The molecule has 6 heteroatoms. The molecule has 0 aliphatic carbocycles. The first-order valence-electron chi connectivity index (χ1n) is 6.61. The van der Waals surface area contributed by atoms with E-state index in [2.05, 4.69) is 5.32 Å². The van der Waals surface area contributed by atoms with Crippen LogP contribution in [0.1, 0.15) is 17.9 Å². The molecule has 20 heavy (non-hydrogen) atoms. The van der Waals surface area contributed by atoms with Crippen molar-refractivity contribution in [1.29, 1.82) is 0 Å². The number of benzene rings is 1. The zero-order chi connectivity index (χ0) is 14.1. The molecule has 1 N–H and O–H groups in total. The van der Waals surface area contributed by atoms with Crippen molar-refractivity contribution in [3.8, 4) is 0 Å². The van der Waals surface area contributed by atoms with Crippen molar-refractivity contribution < 1.29 is 14.0 Å². The Morgan fingerprint density at radius 2 is 2.10 bits per heavy atom. The summed E-state index contributed by atoms with van der Waals surface area (Å²) in [5.74, 6) is 0.719. The summed E-state index contributed by atoms with van der Waals surface area (Å²) in [6.45, 7) is 1.44. The summed E-state index contributed by atoms with van der Waals surface area (Å²) in [6.07, 6.45) is 0.140. The predicted octanol–water partition coefficient (Wildman–Crippen LogP) is 1.83. The number of nitrogens with zero attached hydrogens (tertiary/aromatic N) is 1. The molecule has 2 heterocycles.